The van der Waals surface area contributed by atoms with Gasteiger partial charge in [-0.25, -0.2) is 24.0 Å². The van der Waals surface area contributed by atoms with E-state index in [1.54, 1.807) is 0 Å². The standard InChI is InChI=1S/C10H10O10/c11-6-1-16-7(12)2-18-9(14)4-20-10(15)5-19-8(13)3-17-6/h1-5H2. The van der Waals surface area contributed by atoms with E-state index in [0.717, 1.165) is 0 Å². The van der Waals surface area contributed by atoms with Gasteiger partial charge in [-0.2, -0.15) is 0 Å². The zero-order valence-electron chi connectivity index (χ0n) is 10.1. The predicted molar refractivity (Wildman–Crippen MR) is 54.8 cm³/mol. The highest BCUT2D eigenvalue weighted by Gasteiger charge is 2.17. The highest BCUT2D eigenvalue weighted by atomic mass is 16.6. The Labute approximate surface area is 111 Å². The maximum atomic E-state index is 11.0. The zero-order valence-corrected chi connectivity index (χ0v) is 10.1. The van der Waals surface area contributed by atoms with Crippen molar-refractivity contribution in [1.29, 1.82) is 0 Å². The topological polar surface area (TPSA) is 132 Å². The van der Waals surface area contributed by atoms with Crippen LogP contribution in [0.5, 0.6) is 0 Å². The third-order valence-electron chi connectivity index (χ3n) is 1.76. The fourth-order valence-electron chi connectivity index (χ4n) is 0.905. The Balaban J connectivity index is 2.56. The molecule has 1 fully saturated rings. The molecule has 0 aromatic rings. The summed E-state index contributed by atoms with van der Waals surface area (Å²) in [4.78, 5) is 55.2. The van der Waals surface area contributed by atoms with Crippen LogP contribution in [0.15, 0.2) is 0 Å². The Kier molecular flexibility index (Phi) is 5.94. The van der Waals surface area contributed by atoms with E-state index in [1.165, 1.54) is 0 Å². The minimum Gasteiger partial charge on any atom is -0.451 e. The van der Waals surface area contributed by atoms with Crippen LogP contribution >= 0.6 is 0 Å². The van der Waals surface area contributed by atoms with E-state index in [2.05, 4.69) is 23.7 Å². The van der Waals surface area contributed by atoms with Crippen LogP contribution in [0.4, 0.5) is 0 Å². The molecule has 0 bridgehead atoms. The molecule has 10 nitrogen and oxygen atoms in total. The molecule has 1 rings (SSSR count). The fraction of sp³-hybridized carbons (Fsp3) is 0.500. The van der Waals surface area contributed by atoms with Gasteiger partial charge < -0.3 is 23.7 Å². The van der Waals surface area contributed by atoms with Crippen molar-refractivity contribution in [3.63, 3.8) is 0 Å². The van der Waals surface area contributed by atoms with Crippen LogP contribution in [0, 0.1) is 0 Å². The molecule has 10 heteroatoms. The Morgan fingerprint density at radius 3 is 0.700 bits per heavy atom. The summed E-state index contributed by atoms with van der Waals surface area (Å²) in [6, 6.07) is 0. The van der Waals surface area contributed by atoms with Gasteiger partial charge in [0.25, 0.3) is 0 Å². The summed E-state index contributed by atoms with van der Waals surface area (Å²) >= 11 is 0. The van der Waals surface area contributed by atoms with Crippen LogP contribution in [-0.4, -0.2) is 62.9 Å². The largest absolute Gasteiger partial charge is 0.451 e. The molecule has 1 saturated heterocycles. The third kappa shape index (κ3) is 6.33. The Morgan fingerprint density at radius 2 is 0.550 bits per heavy atom. The lowest BCUT2D eigenvalue weighted by molar-refractivity contribution is -0.167. The van der Waals surface area contributed by atoms with Crippen molar-refractivity contribution in [2.45, 2.75) is 0 Å². The van der Waals surface area contributed by atoms with Crippen LogP contribution in [0.3, 0.4) is 0 Å². The van der Waals surface area contributed by atoms with E-state index >= 15 is 0 Å². The molecule has 0 aromatic heterocycles. The summed E-state index contributed by atoms with van der Waals surface area (Å²) in [6.45, 7) is -3.75. The maximum Gasteiger partial charge on any atom is 0.344 e. The molecular formula is C10H10O10. The predicted octanol–water partition coefficient (Wildman–Crippen LogP) is -2.28. The van der Waals surface area contributed by atoms with Crippen LogP contribution in [-0.2, 0) is 47.7 Å². The Hall–Kier alpha value is -2.65. The lowest BCUT2D eigenvalue weighted by atomic mass is 10.6. The first-order valence-corrected chi connectivity index (χ1v) is 5.25. The van der Waals surface area contributed by atoms with Crippen molar-refractivity contribution in [2.75, 3.05) is 33.0 Å². The summed E-state index contributed by atoms with van der Waals surface area (Å²) in [5.41, 5.74) is 0. The molecule has 0 saturated carbocycles. The molecule has 0 amide bonds. The van der Waals surface area contributed by atoms with Crippen LogP contribution in [0.2, 0.25) is 0 Å². The van der Waals surface area contributed by atoms with Gasteiger partial charge in [-0.1, -0.05) is 0 Å². The van der Waals surface area contributed by atoms with Crippen molar-refractivity contribution in [3.8, 4) is 0 Å². The van der Waals surface area contributed by atoms with E-state index < -0.39 is 62.9 Å². The van der Waals surface area contributed by atoms with Crippen molar-refractivity contribution < 1.29 is 47.7 Å². The second kappa shape index (κ2) is 7.71. The summed E-state index contributed by atoms with van der Waals surface area (Å²) < 4.78 is 21.9. The third-order valence-corrected chi connectivity index (χ3v) is 1.76. The molecule has 1 aliphatic heterocycles. The first kappa shape index (κ1) is 15.4. The van der Waals surface area contributed by atoms with Gasteiger partial charge in [-0.15, -0.1) is 0 Å². The smallest absolute Gasteiger partial charge is 0.344 e. The van der Waals surface area contributed by atoms with Crippen LogP contribution in [0.1, 0.15) is 0 Å². The van der Waals surface area contributed by atoms with Gasteiger partial charge in [0, 0.05) is 0 Å². The fourth-order valence-corrected chi connectivity index (χ4v) is 0.905. The van der Waals surface area contributed by atoms with E-state index in [9.17, 15) is 24.0 Å². The van der Waals surface area contributed by atoms with Gasteiger partial charge in [-0.05, 0) is 0 Å². The van der Waals surface area contributed by atoms with Gasteiger partial charge >= 0.3 is 29.8 Å². The summed E-state index contributed by atoms with van der Waals surface area (Å²) in [7, 11) is 0. The minimum atomic E-state index is -1.00. The second-order valence-corrected chi connectivity index (χ2v) is 3.30. The molecule has 0 N–H and O–H groups in total. The molecule has 1 heterocycles. The minimum absolute atomic E-state index is 0.751. The first-order chi connectivity index (χ1) is 9.47. The SMILES string of the molecule is O=C1COC(=O)COC(=O)COC(=O)COC(=O)CO1. The number of cyclic esters (lactones) is 5. The number of esters is 5. The number of ether oxygens (including phenoxy) is 5. The first-order valence-electron chi connectivity index (χ1n) is 5.25. The average Bonchev–Trinajstić information content (AvgIpc) is 2.43. The van der Waals surface area contributed by atoms with Gasteiger partial charge in [-0.3, -0.25) is 0 Å². The van der Waals surface area contributed by atoms with Gasteiger partial charge in [0.1, 0.15) is 0 Å². The molecule has 0 aromatic carbocycles. The molecule has 0 atom stereocenters. The molecule has 0 radical (unpaired) electrons. The van der Waals surface area contributed by atoms with E-state index in [1.807, 2.05) is 0 Å². The molecule has 0 unspecified atom stereocenters. The lowest BCUT2D eigenvalue weighted by Crippen LogP contribution is -2.23. The van der Waals surface area contributed by atoms with E-state index in [4.69, 9.17) is 0 Å². The number of hydrogen-bond acceptors (Lipinski definition) is 10. The maximum absolute atomic E-state index is 11.0. The van der Waals surface area contributed by atoms with E-state index in [-0.39, 0.29) is 0 Å². The van der Waals surface area contributed by atoms with Crippen LogP contribution < -0.4 is 0 Å². The molecule has 20 heavy (non-hydrogen) atoms. The average molecular weight is 290 g/mol. The monoisotopic (exact) mass is 290 g/mol. The Bertz CT molecular complexity index is 303. The van der Waals surface area contributed by atoms with Crippen molar-refractivity contribution >= 4 is 29.8 Å². The Morgan fingerprint density at radius 1 is 0.400 bits per heavy atom. The molecule has 110 valence electrons. The van der Waals surface area contributed by atoms with Crippen molar-refractivity contribution in [3.05, 3.63) is 0 Å². The number of carbonyl (C=O) groups excluding carboxylic acids is 5. The number of carbonyl (C=O) groups is 5. The van der Waals surface area contributed by atoms with Crippen molar-refractivity contribution in [2.24, 2.45) is 0 Å². The highest BCUT2D eigenvalue weighted by molar-refractivity contribution is 5.83. The van der Waals surface area contributed by atoms with Crippen molar-refractivity contribution in [1.82, 2.24) is 0 Å². The normalized spacial score (nSPS) is 19.5. The molecule has 1 aliphatic rings. The quantitative estimate of drug-likeness (QED) is 0.355. The van der Waals surface area contributed by atoms with Crippen LogP contribution in [0.25, 0.3) is 0 Å². The molecule has 0 spiro atoms. The van der Waals surface area contributed by atoms with Gasteiger partial charge in [0.05, 0.1) is 0 Å². The zero-order chi connectivity index (χ0) is 15.0. The lowest BCUT2D eigenvalue weighted by Gasteiger charge is -2.05. The molecular weight excluding hydrogens is 280 g/mol. The second-order valence-electron chi connectivity index (χ2n) is 3.30. The number of hydrogen-bond donors (Lipinski definition) is 0. The summed E-state index contributed by atoms with van der Waals surface area (Å²) in [5, 5.41) is 0. The van der Waals surface area contributed by atoms with Gasteiger partial charge in [0.15, 0.2) is 33.0 Å². The van der Waals surface area contributed by atoms with E-state index in [0.29, 0.717) is 0 Å². The number of rotatable bonds is 0. The molecule has 0 aliphatic carbocycles. The van der Waals surface area contributed by atoms with Gasteiger partial charge in [0.2, 0.25) is 0 Å². The summed E-state index contributed by atoms with van der Waals surface area (Å²) in [6.07, 6.45) is 0. The highest BCUT2D eigenvalue weighted by Crippen LogP contribution is 1.91. The summed E-state index contributed by atoms with van der Waals surface area (Å²) in [5.74, 6) is -5.00.